The van der Waals surface area contributed by atoms with Crippen molar-refractivity contribution < 1.29 is 14.2 Å². The SMILES string of the molecule is OC(CNc1ccc(Br)cc1F)COC1CCCCC1. The summed E-state index contributed by atoms with van der Waals surface area (Å²) in [7, 11) is 0. The summed E-state index contributed by atoms with van der Waals surface area (Å²) >= 11 is 3.21. The van der Waals surface area contributed by atoms with Crippen LogP contribution in [-0.4, -0.2) is 30.5 Å². The van der Waals surface area contributed by atoms with Crippen molar-refractivity contribution in [3.8, 4) is 0 Å². The predicted molar refractivity (Wildman–Crippen MR) is 81.4 cm³/mol. The van der Waals surface area contributed by atoms with Gasteiger partial charge in [0.25, 0.3) is 0 Å². The van der Waals surface area contributed by atoms with Crippen molar-refractivity contribution in [2.75, 3.05) is 18.5 Å². The Morgan fingerprint density at radius 1 is 1.35 bits per heavy atom. The molecule has 1 aromatic carbocycles. The van der Waals surface area contributed by atoms with E-state index in [1.165, 1.54) is 25.3 Å². The zero-order valence-corrected chi connectivity index (χ0v) is 13.0. The molecule has 112 valence electrons. The Balaban J connectivity index is 1.70. The summed E-state index contributed by atoms with van der Waals surface area (Å²) in [5, 5.41) is 12.8. The van der Waals surface area contributed by atoms with Gasteiger partial charge in [0.1, 0.15) is 5.82 Å². The highest BCUT2D eigenvalue weighted by Gasteiger charge is 2.15. The summed E-state index contributed by atoms with van der Waals surface area (Å²) in [6.07, 6.45) is 5.53. The lowest BCUT2D eigenvalue weighted by molar-refractivity contribution is -0.0195. The highest BCUT2D eigenvalue weighted by atomic mass is 79.9. The van der Waals surface area contributed by atoms with E-state index in [0.29, 0.717) is 16.8 Å². The van der Waals surface area contributed by atoms with E-state index in [-0.39, 0.29) is 18.5 Å². The van der Waals surface area contributed by atoms with Crippen molar-refractivity contribution in [2.45, 2.75) is 44.3 Å². The summed E-state index contributed by atoms with van der Waals surface area (Å²) in [4.78, 5) is 0. The van der Waals surface area contributed by atoms with Crippen LogP contribution in [0.5, 0.6) is 0 Å². The van der Waals surface area contributed by atoms with E-state index >= 15 is 0 Å². The summed E-state index contributed by atoms with van der Waals surface area (Å²) in [6, 6.07) is 4.80. The van der Waals surface area contributed by atoms with Gasteiger partial charge in [0.05, 0.1) is 24.5 Å². The first-order chi connectivity index (χ1) is 9.65. The smallest absolute Gasteiger partial charge is 0.147 e. The minimum absolute atomic E-state index is 0.280. The second-order valence-electron chi connectivity index (χ2n) is 5.25. The lowest BCUT2D eigenvalue weighted by Gasteiger charge is -2.23. The van der Waals surface area contributed by atoms with Crippen LogP contribution < -0.4 is 5.32 Å². The zero-order chi connectivity index (χ0) is 14.4. The summed E-state index contributed by atoms with van der Waals surface area (Å²) < 4.78 is 20.0. The van der Waals surface area contributed by atoms with Gasteiger partial charge in [-0.05, 0) is 31.0 Å². The third-order valence-electron chi connectivity index (χ3n) is 3.54. The Hall–Kier alpha value is -0.650. The molecule has 2 rings (SSSR count). The average molecular weight is 346 g/mol. The second-order valence-corrected chi connectivity index (χ2v) is 6.17. The zero-order valence-electron chi connectivity index (χ0n) is 11.4. The molecule has 0 radical (unpaired) electrons. The van der Waals surface area contributed by atoms with E-state index in [1.807, 2.05) is 0 Å². The molecule has 1 aliphatic rings. The number of benzene rings is 1. The molecule has 1 aromatic rings. The van der Waals surface area contributed by atoms with Gasteiger partial charge in [0, 0.05) is 11.0 Å². The molecule has 1 saturated carbocycles. The van der Waals surface area contributed by atoms with Crippen molar-refractivity contribution in [2.24, 2.45) is 0 Å². The monoisotopic (exact) mass is 345 g/mol. The number of hydrogen-bond acceptors (Lipinski definition) is 3. The quantitative estimate of drug-likeness (QED) is 0.825. The van der Waals surface area contributed by atoms with Gasteiger partial charge in [-0.15, -0.1) is 0 Å². The van der Waals surface area contributed by atoms with Crippen LogP contribution in [0.4, 0.5) is 10.1 Å². The molecule has 1 aliphatic carbocycles. The third kappa shape index (κ3) is 5.04. The molecule has 1 atom stereocenters. The first kappa shape index (κ1) is 15.7. The molecule has 0 aliphatic heterocycles. The van der Waals surface area contributed by atoms with Gasteiger partial charge in [0.15, 0.2) is 0 Å². The maximum absolute atomic E-state index is 13.6. The number of nitrogens with one attached hydrogen (secondary N) is 1. The molecule has 3 nitrogen and oxygen atoms in total. The van der Waals surface area contributed by atoms with Crippen LogP contribution in [0.1, 0.15) is 32.1 Å². The van der Waals surface area contributed by atoms with Crippen molar-refractivity contribution in [3.63, 3.8) is 0 Å². The fourth-order valence-corrected chi connectivity index (χ4v) is 2.73. The molecule has 0 aromatic heterocycles. The number of anilines is 1. The van der Waals surface area contributed by atoms with Crippen molar-refractivity contribution in [1.29, 1.82) is 0 Å². The number of hydrogen-bond donors (Lipinski definition) is 2. The van der Waals surface area contributed by atoms with Gasteiger partial charge in [-0.1, -0.05) is 35.2 Å². The standard InChI is InChI=1S/C15H21BrFNO2/c16-11-6-7-15(14(17)8-11)18-9-12(19)10-20-13-4-2-1-3-5-13/h6-8,12-13,18-19H,1-5,9-10H2. The number of aliphatic hydroxyl groups is 1. The van der Waals surface area contributed by atoms with Gasteiger partial charge < -0.3 is 15.2 Å². The fraction of sp³-hybridized carbons (Fsp3) is 0.600. The average Bonchev–Trinajstić information content (AvgIpc) is 2.45. The first-order valence-electron chi connectivity index (χ1n) is 7.14. The van der Waals surface area contributed by atoms with Gasteiger partial charge in [-0.25, -0.2) is 4.39 Å². The fourth-order valence-electron chi connectivity index (χ4n) is 2.40. The Morgan fingerprint density at radius 3 is 2.80 bits per heavy atom. The Kier molecular flexibility index (Phi) is 6.26. The van der Waals surface area contributed by atoms with Crippen LogP contribution in [0.2, 0.25) is 0 Å². The number of halogens is 2. The van der Waals surface area contributed by atoms with Crippen LogP contribution in [0, 0.1) is 5.82 Å². The lowest BCUT2D eigenvalue weighted by Crippen LogP contribution is -2.28. The molecule has 2 N–H and O–H groups in total. The molecule has 0 saturated heterocycles. The Labute approximate surface area is 127 Å². The summed E-state index contributed by atoms with van der Waals surface area (Å²) in [5.41, 5.74) is 0.393. The van der Waals surface area contributed by atoms with Crippen molar-refractivity contribution >= 4 is 21.6 Å². The van der Waals surface area contributed by atoms with E-state index < -0.39 is 6.10 Å². The molecule has 1 fully saturated rings. The van der Waals surface area contributed by atoms with E-state index in [2.05, 4.69) is 21.2 Å². The largest absolute Gasteiger partial charge is 0.389 e. The minimum Gasteiger partial charge on any atom is -0.389 e. The first-order valence-corrected chi connectivity index (χ1v) is 7.93. The lowest BCUT2D eigenvalue weighted by atomic mass is 9.98. The molecule has 0 bridgehead atoms. The predicted octanol–water partition coefficient (Wildman–Crippen LogP) is 3.71. The van der Waals surface area contributed by atoms with Crippen LogP contribution in [-0.2, 0) is 4.74 Å². The molecule has 5 heteroatoms. The van der Waals surface area contributed by atoms with Crippen LogP contribution in [0.25, 0.3) is 0 Å². The minimum atomic E-state index is -0.625. The van der Waals surface area contributed by atoms with Crippen molar-refractivity contribution in [3.05, 3.63) is 28.5 Å². The molecule has 0 spiro atoms. The van der Waals surface area contributed by atoms with E-state index in [0.717, 1.165) is 12.8 Å². The molecule has 0 heterocycles. The van der Waals surface area contributed by atoms with Crippen LogP contribution in [0.15, 0.2) is 22.7 Å². The highest BCUT2D eigenvalue weighted by Crippen LogP contribution is 2.21. The maximum Gasteiger partial charge on any atom is 0.147 e. The third-order valence-corrected chi connectivity index (χ3v) is 4.03. The van der Waals surface area contributed by atoms with Crippen LogP contribution >= 0.6 is 15.9 Å². The topological polar surface area (TPSA) is 41.5 Å². The van der Waals surface area contributed by atoms with Crippen molar-refractivity contribution in [1.82, 2.24) is 0 Å². The second kappa shape index (κ2) is 7.96. The molecule has 20 heavy (non-hydrogen) atoms. The molecular weight excluding hydrogens is 325 g/mol. The van der Waals surface area contributed by atoms with E-state index in [4.69, 9.17) is 4.74 Å². The van der Waals surface area contributed by atoms with Gasteiger partial charge >= 0.3 is 0 Å². The molecule has 1 unspecified atom stereocenters. The Bertz CT molecular complexity index is 424. The van der Waals surface area contributed by atoms with Gasteiger partial charge in [-0.3, -0.25) is 0 Å². The Morgan fingerprint density at radius 2 is 2.10 bits per heavy atom. The van der Waals surface area contributed by atoms with Gasteiger partial charge in [0.2, 0.25) is 0 Å². The number of ether oxygens (including phenoxy) is 1. The maximum atomic E-state index is 13.6. The number of aliphatic hydroxyl groups excluding tert-OH is 1. The number of rotatable bonds is 6. The highest BCUT2D eigenvalue weighted by molar-refractivity contribution is 9.10. The van der Waals surface area contributed by atoms with E-state index in [9.17, 15) is 9.50 Å². The molecule has 0 amide bonds. The van der Waals surface area contributed by atoms with E-state index in [1.54, 1.807) is 12.1 Å². The normalized spacial score (nSPS) is 17.9. The summed E-state index contributed by atoms with van der Waals surface area (Å²) in [5.74, 6) is -0.334. The van der Waals surface area contributed by atoms with Crippen LogP contribution in [0.3, 0.4) is 0 Å². The molecular formula is C15H21BrFNO2. The summed E-state index contributed by atoms with van der Waals surface area (Å²) in [6.45, 7) is 0.584. The van der Waals surface area contributed by atoms with Gasteiger partial charge in [-0.2, -0.15) is 0 Å².